The highest BCUT2D eigenvalue weighted by molar-refractivity contribution is 7.89. The lowest BCUT2D eigenvalue weighted by atomic mass is 10.3. The molecule has 180 valence electrons. The summed E-state index contributed by atoms with van der Waals surface area (Å²) in [6.45, 7) is 5.66. The normalized spacial score (nSPS) is 24.2. The minimum atomic E-state index is -3.89. The number of ether oxygens (including phenoxy) is 2. The van der Waals surface area contributed by atoms with E-state index in [2.05, 4.69) is 5.32 Å². The summed E-state index contributed by atoms with van der Waals surface area (Å²) >= 11 is 0. The van der Waals surface area contributed by atoms with Crippen LogP contribution < -0.4 is 10.1 Å². The molecule has 2 unspecified atom stereocenters. The summed E-state index contributed by atoms with van der Waals surface area (Å²) in [6, 6.07) is 4.22. The van der Waals surface area contributed by atoms with Crippen molar-refractivity contribution in [3.8, 4) is 5.75 Å². The van der Waals surface area contributed by atoms with E-state index in [4.69, 9.17) is 9.47 Å². The van der Waals surface area contributed by atoms with Crippen LogP contribution in [-0.4, -0.2) is 94.2 Å². The summed E-state index contributed by atoms with van der Waals surface area (Å²) in [5.74, 6) is -0.0209. The van der Waals surface area contributed by atoms with Crippen molar-refractivity contribution >= 4 is 31.8 Å². The summed E-state index contributed by atoms with van der Waals surface area (Å²) in [4.78, 5) is 11.4. The molecule has 2 aliphatic rings. The fourth-order valence-corrected chi connectivity index (χ4v) is 7.10. The van der Waals surface area contributed by atoms with E-state index >= 15 is 0 Å². The van der Waals surface area contributed by atoms with Crippen LogP contribution in [0.1, 0.15) is 20.8 Å². The van der Waals surface area contributed by atoms with Crippen LogP contribution in [0.15, 0.2) is 23.1 Å². The quantitative estimate of drug-likeness (QED) is 0.608. The Bertz CT molecular complexity index is 1040. The lowest BCUT2D eigenvalue weighted by Gasteiger charge is -2.40. The van der Waals surface area contributed by atoms with Crippen LogP contribution in [0.3, 0.4) is 0 Å². The van der Waals surface area contributed by atoms with Gasteiger partial charge in [-0.1, -0.05) is 0 Å². The number of rotatable bonds is 6. The predicted octanol–water partition coefficient (Wildman–Crippen LogP) is 0.314. The zero-order valence-corrected chi connectivity index (χ0v) is 20.3. The molecule has 1 N–H and O–H groups in total. The summed E-state index contributed by atoms with van der Waals surface area (Å²) in [7, 11) is -6.18. The number of nitrogens with one attached hydrogen (secondary N) is 1. The fraction of sp³-hybridized carbons (Fsp3) is 0.632. The maximum atomic E-state index is 13.1. The predicted molar refractivity (Wildman–Crippen MR) is 118 cm³/mol. The van der Waals surface area contributed by atoms with Gasteiger partial charge >= 0.3 is 0 Å². The number of hydrogen-bond donors (Lipinski definition) is 1. The van der Waals surface area contributed by atoms with Crippen LogP contribution in [0.2, 0.25) is 0 Å². The Morgan fingerprint density at radius 2 is 1.56 bits per heavy atom. The van der Waals surface area contributed by atoms with Crippen molar-refractivity contribution in [2.45, 2.75) is 37.9 Å². The average molecular weight is 491 g/mol. The molecule has 1 aromatic carbocycles. The average Bonchev–Trinajstić information content (AvgIpc) is 2.72. The molecule has 0 spiro atoms. The molecule has 2 saturated heterocycles. The first kappa shape index (κ1) is 24.9. The molecule has 32 heavy (non-hydrogen) atoms. The van der Waals surface area contributed by atoms with Crippen molar-refractivity contribution in [2.75, 3.05) is 51.7 Å². The summed E-state index contributed by atoms with van der Waals surface area (Å²) < 4.78 is 67.2. The molecule has 11 nitrogen and oxygen atoms in total. The molecule has 2 heterocycles. The molecule has 0 radical (unpaired) electrons. The Labute approximate surface area is 189 Å². The summed E-state index contributed by atoms with van der Waals surface area (Å²) in [6.07, 6.45) is -0.411. The van der Waals surface area contributed by atoms with Gasteiger partial charge in [-0.25, -0.2) is 8.42 Å². The van der Waals surface area contributed by atoms with Gasteiger partial charge in [-0.15, -0.1) is 0 Å². The van der Waals surface area contributed by atoms with Crippen LogP contribution in [0.5, 0.6) is 5.75 Å². The van der Waals surface area contributed by atoms with E-state index < -0.39 is 20.2 Å². The number of anilines is 1. The molecule has 3 rings (SSSR count). The monoisotopic (exact) mass is 490 g/mol. The van der Waals surface area contributed by atoms with E-state index in [1.165, 1.54) is 45.1 Å². The molecular formula is C19H30N4O7S2. The number of morpholine rings is 1. The number of hydrogen-bond acceptors (Lipinski definition) is 7. The lowest BCUT2D eigenvalue weighted by molar-refractivity contribution is -0.114. The highest BCUT2D eigenvalue weighted by Gasteiger charge is 2.38. The van der Waals surface area contributed by atoms with E-state index in [-0.39, 0.29) is 68.0 Å². The zero-order chi connectivity index (χ0) is 23.7. The van der Waals surface area contributed by atoms with Gasteiger partial charge in [-0.3, -0.25) is 4.79 Å². The van der Waals surface area contributed by atoms with E-state index in [1.807, 2.05) is 13.8 Å². The van der Waals surface area contributed by atoms with Gasteiger partial charge in [0, 0.05) is 46.2 Å². The molecule has 2 fully saturated rings. The molecule has 2 atom stereocenters. The Morgan fingerprint density at radius 3 is 2.09 bits per heavy atom. The van der Waals surface area contributed by atoms with E-state index in [9.17, 15) is 21.6 Å². The first-order chi connectivity index (χ1) is 14.9. The number of nitrogens with zero attached hydrogens (tertiary/aromatic N) is 3. The second-order valence-corrected chi connectivity index (χ2v) is 11.8. The van der Waals surface area contributed by atoms with Gasteiger partial charge in [-0.05, 0) is 32.0 Å². The number of sulfonamides is 1. The topological polar surface area (TPSA) is 126 Å². The molecule has 1 amide bonds. The lowest BCUT2D eigenvalue weighted by Crippen LogP contribution is -2.57. The van der Waals surface area contributed by atoms with Crippen molar-refractivity contribution in [1.29, 1.82) is 0 Å². The van der Waals surface area contributed by atoms with Gasteiger partial charge in [0.2, 0.25) is 15.9 Å². The van der Waals surface area contributed by atoms with Crippen molar-refractivity contribution in [2.24, 2.45) is 0 Å². The van der Waals surface area contributed by atoms with E-state index in [0.29, 0.717) is 5.75 Å². The molecule has 1 aromatic rings. The van der Waals surface area contributed by atoms with Gasteiger partial charge in [0.25, 0.3) is 10.2 Å². The van der Waals surface area contributed by atoms with E-state index in [0.717, 1.165) is 0 Å². The maximum absolute atomic E-state index is 13.1. The number of benzene rings is 1. The number of methoxy groups -OCH3 is 1. The second kappa shape index (κ2) is 9.61. The first-order valence-corrected chi connectivity index (χ1v) is 13.2. The highest BCUT2D eigenvalue weighted by atomic mass is 32.2. The van der Waals surface area contributed by atoms with Crippen LogP contribution in [0.25, 0.3) is 0 Å². The fourth-order valence-electron chi connectivity index (χ4n) is 3.91. The maximum Gasteiger partial charge on any atom is 0.282 e. The molecule has 0 aromatic heterocycles. The third-order valence-corrected chi connectivity index (χ3v) is 9.22. The summed E-state index contributed by atoms with van der Waals surface area (Å²) in [5.41, 5.74) is 0.248. The molecule has 0 aliphatic carbocycles. The van der Waals surface area contributed by atoms with Crippen molar-refractivity contribution in [1.82, 2.24) is 12.9 Å². The second-order valence-electron chi connectivity index (χ2n) is 7.93. The van der Waals surface area contributed by atoms with Crippen molar-refractivity contribution in [3.05, 3.63) is 18.2 Å². The smallest absolute Gasteiger partial charge is 0.282 e. The largest absolute Gasteiger partial charge is 0.495 e. The number of carbonyl (C=O) groups excluding carboxylic acids is 1. The molecule has 0 bridgehead atoms. The van der Waals surface area contributed by atoms with Crippen LogP contribution in [0.4, 0.5) is 5.69 Å². The molecule has 0 saturated carbocycles. The molecule has 2 aliphatic heterocycles. The summed E-state index contributed by atoms with van der Waals surface area (Å²) in [5, 5.41) is 2.56. The van der Waals surface area contributed by atoms with E-state index in [1.54, 1.807) is 0 Å². The van der Waals surface area contributed by atoms with Crippen molar-refractivity contribution in [3.63, 3.8) is 0 Å². The third-order valence-electron chi connectivity index (χ3n) is 5.36. The molecular weight excluding hydrogens is 460 g/mol. The highest BCUT2D eigenvalue weighted by Crippen LogP contribution is 2.29. The third kappa shape index (κ3) is 5.24. The minimum absolute atomic E-state index is 0.00538. The standard InChI is InChI=1S/C19H30N4O7S2/c1-14-12-23(13-15(2)30-14)32(27,28)22-9-7-21(8-10-22)31(25,26)17-5-6-19(29-4)18(11-17)20-16(3)24/h5-6,11,14-15H,7-10,12-13H2,1-4H3,(H,20,24). The molecule has 13 heteroatoms. The Hall–Kier alpha value is -1.77. The van der Waals surface area contributed by atoms with Crippen molar-refractivity contribution < 1.29 is 31.1 Å². The van der Waals surface area contributed by atoms with Crippen LogP contribution >= 0.6 is 0 Å². The van der Waals surface area contributed by atoms with Crippen LogP contribution in [0, 0.1) is 0 Å². The zero-order valence-electron chi connectivity index (χ0n) is 18.6. The SMILES string of the molecule is COc1ccc(S(=O)(=O)N2CCN(S(=O)(=O)N3CC(C)OC(C)C3)CC2)cc1NC(C)=O. The Balaban J connectivity index is 1.73. The number of piperazine rings is 1. The Kier molecular flexibility index (Phi) is 7.47. The Morgan fingerprint density at radius 1 is 1.00 bits per heavy atom. The van der Waals surface area contributed by atoms with Gasteiger partial charge < -0.3 is 14.8 Å². The van der Waals surface area contributed by atoms with Gasteiger partial charge in [0.15, 0.2) is 0 Å². The minimum Gasteiger partial charge on any atom is -0.495 e. The number of amides is 1. The number of carbonyl (C=O) groups is 1. The first-order valence-electron chi connectivity index (χ1n) is 10.3. The van der Waals surface area contributed by atoms with Gasteiger partial charge in [0.05, 0.1) is 29.9 Å². The van der Waals surface area contributed by atoms with Gasteiger partial charge in [-0.2, -0.15) is 21.3 Å². The van der Waals surface area contributed by atoms with Gasteiger partial charge in [0.1, 0.15) is 5.75 Å². The van der Waals surface area contributed by atoms with Crippen LogP contribution in [-0.2, 0) is 29.8 Å².